The van der Waals surface area contributed by atoms with Crippen molar-refractivity contribution in [2.75, 3.05) is 20.3 Å². The van der Waals surface area contributed by atoms with Crippen LogP contribution >= 0.6 is 11.8 Å². The van der Waals surface area contributed by atoms with Crippen molar-refractivity contribution in [2.24, 2.45) is 0 Å². The smallest absolute Gasteiger partial charge is 0.189 e. The monoisotopic (exact) mass is 624 g/mol. The summed E-state index contributed by atoms with van der Waals surface area (Å²) in [7, 11) is 1.67. The maximum atomic E-state index is 13.3. The molecule has 0 saturated carbocycles. The van der Waals surface area contributed by atoms with E-state index in [0.29, 0.717) is 26.2 Å². The Labute approximate surface area is 274 Å². The van der Waals surface area contributed by atoms with E-state index in [9.17, 15) is 4.79 Å². The average Bonchev–Trinajstić information content (AvgIpc) is 3.09. The van der Waals surface area contributed by atoms with Gasteiger partial charge in [-0.1, -0.05) is 160 Å². The molecule has 45 heavy (non-hydrogen) atoms. The molecule has 0 amide bonds. The molecule has 0 aliphatic carbocycles. The minimum Gasteiger partial charge on any atom is -0.497 e. The van der Waals surface area contributed by atoms with Crippen LogP contribution in [0.25, 0.3) is 0 Å². The van der Waals surface area contributed by atoms with Crippen molar-refractivity contribution in [3.05, 3.63) is 138 Å². The van der Waals surface area contributed by atoms with Crippen LogP contribution < -0.4 is 4.74 Å². The lowest BCUT2D eigenvalue weighted by molar-refractivity contribution is -0.111. The first-order chi connectivity index (χ1) is 22.2. The summed E-state index contributed by atoms with van der Waals surface area (Å²) in [6.07, 6.45) is 8.90. The maximum Gasteiger partial charge on any atom is 0.189 e. The molecule has 238 valence electrons. The van der Waals surface area contributed by atoms with Gasteiger partial charge in [0.25, 0.3) is 0 Å². The van der Waals surface area contributed by atoms with Crippen molar-refractivity contribution in [3.63, 3.8) is 0 Å². The molecule has 0 spiro atoms. The lowest BCUT2D eigenvalue weighted by Gasteiger charge is -2.37. The summed E-state index contributed by atoms with van der Waals surface area (Å²) in [5, 5.41) is 0.0331. The Kier molecular flexibility index (Phi) is 14.7. The number of carbonyl (C=O) groups excluding carboxylic acids is 1. The van der Waals surface area contributed by atoms with Crippen molar-refractivity contribution >= 4 is 16.9 Å². The van der Waals surface area contributed by atoms with Crippen molar-refractivity contribution in [1.29, 1.82) is 0 Å². The van der Waals surface area contributed by atoms with Crippen LogP contribution in [-0.4, -0.2) is 30.7 Å². The Morgan fingerprint density at radius 3 is 1.78 bits per heavy atom. The van der Waals surface area contributed by atoms with Crippen LogP contribution in [-0.2, 0) is 26.5 Å². The normalized spacial score (nSPS) is 12.1. The minimum absolute atomic E-state index is 0.171. The number of methoxy groups -OCH3 is 1. The Morgan fingerprint density at radius 1 is 0.667 bits per heavy atom. The minimum atomic E-state index is -0.894. The van der Waals surface area contributed by atoms with E-state index in [0.717, 1.165) is 40.8 Å². The van der Waals surface area contributed by atoms with Crippen LogP contribution in [0.2, 0.25) is 0 Å². The number of ether oxygens (including phenoxy) is 3. The molecule has 0 bridgehead atoms. The first-order valence-corrected chi connectivity index (χ1v) is 17.2. The summed E-state index contributed by atoms with van der Waals surface area (Å²) in [4.78, 5) is 13.3. The lowest BCUT2D eigenvalue weighted by Crippen LogP contribution is -2.36. The van der Waals surface area contributed by atoms with Gasteiger partial charge in [0.15, 0.2) is 5.12 Å². The van der Waals surface area contributed by atoms with E-state index < -0.39 is 5.60 Å². The van der Waals surface area contributed by atoms with Gasteiger partial charge in [-0.3, -0.25) is 4.79 Å². The Balaban J connectivity index is 1.55. The van der Waals surface area contributed by atoms with E-state index in [1.807, 2.05) is 66.7 Å². The molecule has 0 N–H and O–H groups in total. The van der Waals surface area contributed by atoms with E-state index in [4.69, 9.17) is 14.2 Å². The van der Waals surface area contributed by atoms with Gasteiger partial charge < -0.3 is 14.2 Å². The van der Waals surface area contributed by atoms with Gasteiger partial charge in [0.05, 0.1) is 32.2 Å². The van der Waals surface area contributed by atoms with E-state index >= 15 is 0 Å². The van der Waals surface area contributed by atoms with Crippen LogP contribution in [0.1, 0.15) is 80.5 Å². The molecule has 0 unspecified atom stereocenters. The fourth-order valence-corrected chi connectivity index (χ4v) is 6.54. The van der Waals surface area contributed by atoms with Gasteiger partial charge >= 0.3 is 0 Å². The van der Waals surface area contributed by atoms with Crippen LogP contribution in [0.15, 0.2) is 115 Å². The lowest BCUT2D eigenvalue weighted by atomic mass is 9.80. The number of hydrogen-bond donors (Lipinski definition) is 0. The summed E-state index contributed by atoms with van der Waals surface area (Å²) < 4.78 is 18.8. The third-order valence-electron chi connectivity index (χ3n) is 8.04. The molecule has 0 aliphatic heterocycles. The van der Waals surface area contributed by atoms with Gasteiger partial charge in [0.2, 0.25) is 0 Å². The van der Waals surface area contributed by atoms with Crippen molar-refractivity contribution in [2.45, 2.75) is 75.7 Å². The third kappa shape index (κ3) is 10.6. The second-order valence-corrected chi connectivity index (χ2v) is 12.8. The third-order valence-corrected chi connectivity index (χ3v) is 9.11. The summed E-state index contributed by atoms with van der Waals surface area (Å²) in [5.41, 5.74) is 3.24. The fraction of sp³-hybridized carbons (Fsp3) is 0.375. The molecule has 0 aromatic heterocycles. The average molecular weight is 625 g/mol. The van der Waals surface area contributed by atoms with Crippen LogP contribution in [0.3, 0.4) is 0 Å². The van der Waals surface area contributed by atoms with Gasteiger partial charge in [-0.15, -0.1) is 0 Å². The number of carbonyl (C=O) groups is 1. The van der Waals surface area contributed by atoms with Crippen LogP contribution in [0.5, 0.6) is 5.75 Å². The van der Waals surface area contributed by atoms with E-state index in [1.54, 1.807) is 7.11 Å². The zero-order valence-electron chi connectivity index (χ0n) is 26.9. The van der Waals surface area contributed by atoms with E-state index in [2.05, 4.69) is 55.5 Å². The molecule has 0 saturated heterocycles. The molecule has 4 rings (SSSR count). The van der Waals surface area contributed by atoms with Gasteiger partial charge in [0.1, 0.15) is 11.4 Å². The molecule has 0 heterocycles. The molecule has 0 radical (unpaired) electrons. The van der Waals surface area contributed by atoms with Gasteiger partial charge in [-0.05, 0) is 40.8 Å². The van der Waals surface area contributed by atoms with Gasteiger partial charge in [-0.25, -0.2) is 0 Å². The quantitative estimate of drug-likeness (QED) is 0.0723. The standard InChI is InChI=1S/C40H48O4S/c1-3-4-5-6-7-8-18-25-39(41)45-38(31-43-30-33-19-12-9-13-20-33)32-44-40(34-21-14-10-15-22-34,35-23-16-11-17-24-35)36-26-28-37(42-2)29-27-36/h9-17,19-24,26-29,38H,3-8,18,25,30-32H2,1-2H3/t38-/m1/s1. The SMILES string of the molecule is CCCCCCCCCC(=O)S[C@H](COCc1ccccc1)COC(c1ccccc1)(c1ccccc1)c1ccc(OC)cc1. The van der Waals surface area contributed by atoms with Crippen molar-refractivity contribution in [3.8, 4) is 5.75 Å². The zero-order valence-corrected chi connectivity index (χ0v) is 27.7. The highest BCUT2D eigenvalue weighted by Gasteiger charge is 2.38. The fourth-order valence-electron chi connectivity index (χ4n) is 5.61. The van der Waals surface area contributed by atoms with E-state index in [-0.39, 0.29) is 10.4 Å². The zero-order chi connectivity index (χ0) is 31.6. The van der Waals surface area contributed by atoms with E-state index in [1.165, 1.54) is 43.9 Å². The molecular weight excluding hydrogens is 577 g/mol. The predicted molar refractivity (Wildman–Crippen MR) is 187 cm³/mol. The second kappa shape index (κ2) is 19.2. The predicted octanol–water partition coefficient (Wildman–Crippen LogP) is 9.99. The number of hydrogen-bond acceptors (Lipinski definition) is 5. The van der Waals surface area contributed by atoms with Crippen molar-refractivity contribution < 1.29 is 19.0 Å². The first-order valence-electron chi connectivity index (χ1n) is 16.4. The van der Waals surface area contributed by atoms with Gasteiger partial charge in [-0.2, -0.15) is 0 Å². The molecule has 1 atom stereocenters. The number of thioether (sulfide) groups is 1. The second-order valence-electron chi connectivity index (χ2n) is 11.4. The highest BCUT2D eigenvalue weighted by molar-refractivity contribution is 8.14. The molecular formula is C40H48O4S. The molecule has 0 fully saturated rings. The summed E-state index contributed by atoms with van der Waals surface area (Å²) in [6, 6.07) is 38.9. The number of unbranched alkanes of at least 4 members (excludes halogenated alkanes) is 6. The summed E-state index contributed by atoms with van der Waals surface area (Å²) in [5.74, 6) is 0.785. The molecule has 4 nitrogen and oxygen atoms in total. The molecule has 0 aliphatic rings. The molecule has 5 heteroatoms. The maximum absolute atomic E-state index is 13.3. The Hall–Kier alpha value is -3.38. The Bertz CT molecular complexity index is 1320. The molecule has 4 aromatic rings. The Morgan fingerprint density at radius 2 is 1.20 bits per heavy atom. The number of rotatable bonds is 20. The molecule has 4 aromatic carbocycles. The van der Waals surface area contributed by atoms with Gasteiger partial charge in [0, 0.05) is 6.42 Å². The van der Waals surface area contributed by atoms with Crippen molar-refractivity contribution in [1.82, 2.24) is 0 Å². The first kappa shape index (κ1) is 34.5. The highest BCUT2D eigenvalue weighted by atomic mass is 32.2. The summed E-state index contributed by atoms with van der Waals surface area (Å²) in [6.45, 7) is 3.47. The van der Waals surface area contributed by atoms with Crippen LogP contribution in [0, 0.1) is 0 Å². The highest BCUT2D eigenvalue weighted by Crippen LogP contribution is 2.41. The van der Waals surface area contributed by atoms with Crippen LogP contribution in [0.4, 0.5) is 0 Å². The summed E-state index contributed by atoms with van der Waals surface area (Å²) >= 11 is 1.38. The largest absolute Gasteiger partial charge is 0.497 e. The number of benzene rings is 4. The topological polar surface area (TPSA) is 44.8 Å².